The number of aryl methyl sites for hydroxylation is 1. The van der Waals surface area contributed by atoms with Crippen molar-refractivity contribution in [1.82, 2.24) is 5.16 Å². The molecule has 2 aromatic heterocycles. The van der Waals surface area contributed by atoms with Crippen molar-refractivity contribution in [1.29, 1.82) is 0 Å². The second-order valence-electron chi connectivity index (χ2n) is 4.52. The summed E-state index contributed by atoms with van der Waals surface area (Å²) < 4.78 is 33.6. The van der Waals surface area contributed by atoms with Crippen LogP contribution in [0.1, 0.15) is 4.88 Å². The van der Waals surface area contributed by atoms with Crippen molar-refractivity contribution < 1.29 is 12.9 Å². The molecule has 0 aliphatic heterocycles. The number of rotatable bonds is 4. The maximum atomic E-state index is 12.6. The fourth-order valence-corrected chi connectivity index (χ4v) is 4.96. The molecular weight excluding hydrogens is 388 g/mol. The molecule has 0 amide bonds. The highest BCUT2D eigenvalue weighted by atomic mass is 79.9. The van der Waals surface area contributed by atoms with Gasteiger partial charge in [0, 0.05) is 21.1 Å². The highest BCUT2D eigenvalue weighted by Crippen LogP contribution is 2.34. The first-order valence-corrected chi connectivity index (χ1v) is 9.35. The summed E-state index contributed by atoms with van der Waals surface area (Å²) in [7, 11) is -3.65. The molecule has 22 heavy (non-hydrogen) atoms. The van der Waals surface area contributed by atoms with Crippen molar-refractivity contribution in [2.45, 2.75) is 11.8 Å². The van der Waals surface area contributed by atoms with Gasteiger partial charge in [-0.2, -0.15) is 0 Å². The molecule has 3 rings (SSSR count). The van der Waals surface area contributed by atoms with Gasteiger partial charge < -0.3 is 4.52 Å². The van der Waals surface area contributed by atoms with Gasteiger partial charge in [-0.15, -0.1) is 11.3 Å². The van der Waals surface area contributed by atoms with Gasteiger partial charge >= 0.3 is 0 Å². The molecular formula is C14H11BrN2O3S2. The molecule has 0 saturated heterocycles. The largest absolute Gasteiger partial charge is 0.355 e. The number of anilines is 1. The number of nitrogens with zero attached hydrogens (tertiary/aromatic N) is 1. The Kier molecular flexibility index (Phi) is 4.07. The third-order valence-corrected chi connectivity index (χ3v) is 6.11. The molecule has 8 heteroatoms. The molecule has 0 radical (unpaired) electrons. The van der Waals surface area contributed by atoms with Gasteiger partial charge in [0.2, 0.25) is 0 Å². The number of nitrogens with one attached hydrogen (secondary N) is 1. The average Bonchev–Trinajstić information content (AvgIpc) is 3.07. The van der Waals surface area contributed by atoms with Crippen LogP contribution in [-0.2, 0) is 10.0 Å². The number of thiophene rings is 1. The SMILES string of the molecule is Cc1sc(-c2ccno2)cc1S(=O)(=O)Nc1cccc(Br)c1. The molecule has 0 saturated carbocycles. The zero-order valence-corrected chi connectivity index (χ0v) is 14.6. The molecule has 0 fully saturated rings. The molecule has 2 heterocycles. The lowest BCUT2D eigenvalue weighted by Gasteiger charge is -2.07. The van der Waals surface area contributed by atoms with E-state index in [-0.39, 0.29) is 4.90 Å². The molecule has 0 bridgehead atoms. The summed E-state index contributed by atoms with van der Waals surface area (Å²) in [5.41, 5.74) is 0.501. The Balaban J connectivity index is 1.96. The van der Waals surface area contributed by atoms with E-state index in [2.05, 4.69) is 25.8 Å². The minimum absolute atomic E-state index is 0.240. The Morgan fingerprint density at radius 1 is 1.27 bits per heavy atom. The second-order valence-corrected chi connectivity index (χ2v) is 8.35. The lowest BCUT2D eigenvalue weighted by molar-refractivity contribution is 0.433. The van der Waals surface area contributed by atoms with E-state index < -0.39 is 10.0 Å². The molecule has 0 atom stereocenters. The van der Waals surface area contributed by atoms with E-state index in [0.717, 1.165) is 9.35 Å². The van der Waals surface area contributed by atoms with Crippen molar-refractivity contribution in [3.8, 4) is 10.6 Å². The number of hydrogen-bond acceptors (Lipinski definition) is 5. The molecule has 0 aliphatic carbocycles. The molecule has 114 valence electrons. The summed E-state index contributed by atoms with van der Waals surface area (Å²) in [5, 5.41) is 3.64. The smallest absolute Gasteiger partial charge is 0.263 e. The quantitative estimate of drug-likeness (QED) is 0.711. The van der Waals surface area contributed by atoms with E-state index in [1.807, 2.05) is 6.07 Å². The Morgan fingerprint density at radius 2 is 2.09 bits per heavy atom. The lowest BCUT2D eigenvalue weighted by atomic mass is 10.3. The van der Waals surface area contributed by atoms with Crippen molar-refractivity contribution in [2.75, 3.05) is 4.72 Å². The van der Waals surface area contributed by atoms with E-state index in [9.17, 15) is 8.42 Å². The van der Waals surface area contributed by atoms with Crippen LogP contribution in [0.25, 0.3) is 10.6 Å². The zero-order chi connectivity index (χ0) is 15.7. The predicted molar refractivity (Wildman–Crippen MR) is 89.5 cm³/mol. The highest BCUT2D eigenvalue weighted by molar-refractivity contribution is 9.10. The van der Waals surface area contributed by atoms with Crippen molar-refractivity contribution in [2.24, 2.45) is 0 Å². The number of hydrogen-bond donors (Lipinski definition) is 1. The summed E-state index contributed by atoms with van der Waals surface area (Å²) >= 11 is 4.67. The Labute approximate surface area is 140 Å². The van der Waals surface area contributed by atoms with Crippen LogP contribution in [-0.4, -0.2) is 13.6 Å². The summed E-state index contributed by atoms with van der Waals surface area (Å²) in [5.74, 6) is 0.553. The van der Waals surface area contributed by atoms with E-state index in [0.29, 0.717) is 16.3 Å². The third-order valence-electron chi connectivity index (χ3n) is 2.92. The third kappa shape index (κ3) is 3.08. The van der Waals surface area contributed by atoms with Crippen LogP contribution in [0.3, 0.4) is 0 Å². The normalized spacial score (nSPS) is 11.5. The van der Waals surface area contributed by atoms with Gasteiger partial charge in [-0.25, -0.2) is 8.42 Å². The van der Waals surface area contributed by atoms with Gasteiger partial charge in [0.25, 0.3) is 10.0 Å². The Morgan fingerprint density at radius 3 is 2.77 bits per heavy atom. The number of halogens is 1. The van der Waals surface area contributed by atoms with Crippen molar-refractivity contribution >= 4 is 43.0 Å². The van der Waals surface area contributed by atoms with Crippen molar-refractivity contribution in [3.63, 3.8) is 0 Å². The number of sulfonamides is 1. The molecule has 0 unspecified atom stereocenters. The van der Waals surface area contributed by atoms with Gasteiger partial charge in [-0.1, -0.05) is 27.2 Å². The molecule has 1 aromatic carbocycles. The molecule has 1 N–H and O–H groups in total. The van der Waals surface area contributed by atoms with Crippen LogP contribution in [0.5, 0.6) is 0 Å². The van der Waals surface area contributed by atoms with Gasteiger partial charge in [-0.3, -0.25) is 4.72 Å². The van der Waals surface area contributed by atoms with Crippen LogP contribution in [0, 0.1) is 6.92 Å². The van der Waals surface area contributed by atoms with E-state index in [1.165, 1.54) is 17.5 Å². The van der Waals surface area contributed by atoms with Gasteiger partial charge in [0.05, 0.1) is 11.1 Å². The zero-order valence-electron chi connectivity index (χ0n) is 11.4. The highest BCUT2D eigenvalue weighted by Gasteiger charge is 2.21. The first-order valence-electron chi connectivity index (χ1n) is 6.25. The minimum Gasteiger partial charge on any atom is -0.355 e. The maximum absolute atomic E-state index is 12.6. The summed E-state index contributed by atoms with van der Waals surface area (Å²) in [6.07, 6.45) is 1.53. The molecule has 3 aromatic rings. The fraction of sp³-hybridized carbons (Fsp3) is 0.0714. The molecule has 5 nitrogen and oxygen atoms in total. The monoisotopic (exact) mass is 398 g/mol. The van der Waals surface area contributed by atoms with E-state index in [4.69, 9.17) is 4.52 Å². The fourth-order valence-electron chi connectivity index (χ4n) is 1.96. The van der Waals surface area contributed by atoms with Gasteiger partial charge in [-0.05, 0) is 31.2 Å². The van der Waals surface area contributed by atoms with E-state index in [1.54, 1.807) is 37.3 Å². The minimum atomic E-state index is -3.65. The lowest BCUT2D eigenvalue weighted by Crippen LogP contribution is -2.13. The van der Waals surface area contributed by atoms with Gasteiger partial charge in [0.15, 0.2) is 5.76 Å². The van der Waals surface area contributed by atoms with Crippen LogP contribution in [0.15, 0.2) is 56.5 Å². The Bertz CT molecular complexity index is 902. The number of aromatic nitrogens is 1. The van der Waals surface area contributed by atoms with Crippen molar-refractivity contribution in [3.05, 3.63) is 51.9 Å². The standard InChI is InChI=1S/C14H11BrN2O3S2/c1-9-14(8-13(21-9)12-5-6-16-20-12)22(18,19)17-11-4-2-3-10(15)7-11/h2-8,17H,1H3. The number of benzene rings is 1. The summed E-state index contributed by atoms with van der Waals surface area (Å²) in [4.78, 5) is 1.65. The summed E-state index contributed by atoms with van der Waals surface area (Å²) in [6, 6.07) is 10.3. The maximum Gasteiger partial charge on any atom is 0.263 e. The van der Waals surface area contributed by atoms with Crippen LogP contribution < -0.4 is 4.72 Å². The first kappa shape index (κ1) is 15.3. The van der Waals surface area contributed by atoms with Gasteiger partial charge in [0.1, 0.15) is 4.90 Å². The van der Waals surface area contributed by atoms with E-state index >= 15 is 0 Å². The predicted octanol–water partition coefficient (Wildman–Crippen LogP) is 4.27. The Hall–Kier alpha value is -1.64. The summed E-state index contributed by atoms with van der Waals surface area (Å²) in [6.45, 7) is 1.76. The molecule has 0 spiro atoms. The molecule has 0 aliphatic rings. The first-order chi connectivity index (χ1) is 10.5. The van der Waals surface area contributed by atoms with Crippen LogP contribution in [0.4, 0.5) is 5.69 Å². The topological polar surface area (TPSA) is 72.2 Å². The average molecular weight is 399 g/mol. The van der Waals surface area contributed by atoms with Crippen LogP contribution >= 0.6 is 27.3 Å². The second kappa shape index (κ2) is 5.86. The van der Waals surface area contributed by atoms with Crippen LogP contribution in [0.2, 0.25) is 0 Å².